The van der Waals surface area contributed by atoms with Crippen LogP contribution in [0.2, 0.25) is 0 Å². The van der Waals surface area contributed by atoms with Gasteiger partial charge in [-0.15, -0.1) is 0 Å². The molecule has 5 unspecified atom stereocenters. The van der Waals surface area contributed by atoms with Gasteiger partial charge in [0.1, 0.15) is 0 Å². The maximum absolute atomic E-state index is 4.33. The van der Waals surface area contributed by atoms with Crippen molar-refractivity contribution in [2.24, 2.45) is 17.8 Å². The predicted molar refractivity (Wildman–Crippen MR) is 106 cm³/mol. The lowest BCUT2D eigenvalue weighted by atomic mass is 9.67. The van der Waals surface area contributed by atoms with E-state index in [1.165, 1.54) is 46.8 Å². The van der Waals surface area contributed by atoms with Crippen molar-refractivity contribution in [1.29, 1.82) is 0 Å². The molecule has 3 heterocycles. The van der Waals surface area contributed by atoms with E-state index in [1.807, 2.05) is 12.4 Å². The second-order valence-electron chi connectivity index (χ2n) is 8.63. The van der Waals surface area contributed by atoms with Crippen LogP contribution in [-0.4, -0.2) is 20.4 Å². The first-order chi connectivity index (χ1) is 13.4. The lowest BCUT2D eigenvalue weighted by molar-refractivity contribution is 0.249. The van der Waals surface area contributed by atoms with E-state index < -0.39 is 0 Å². The molecule has 4 aromatic rings. The molecule has 3 N–H and O–H groups in total. The Hall–Kier alpha value is -2.82. The summed E-state index contributed by atoms with van der Waals surface area (Å²) in [7, 11) is 0. The van der Waals surface area contributed by atoms with Crippen molar-refractivity contribution in [3.63, 3.8) is 0 Å². The Bertz CT molecular complexity index is 1190. The minimum Gasteiger partial charge on any atom is -0.378 e. The summed E-state index contributed by atoms with van der Waals surface area (Å²) >= 11 is 0. The van der Waals surface area contributed by atoms with Crippen molar-refractivity contribution < 1.29 is 0 Å². The van der Waals surface area contributed by atoms with E-state index in [0.29, 0.717) is 17.9 Å². The SMILES string of the molecule is c1cc2[nH]ncc2cc1C1Nc2ccc3[nH]ncc3c2C2C3CCC(C3)C12. The van der Waals surface area contributed by atoms with Crippen LogP contribution in [0.25, 0.3) is 21.8 Å². The summed E-state index contributed by atoms with van der Waals surface area (Å²) in [5.41, 5.74) is 6.48. The third-order valence-corrected chi connectivity index (χ3v) is 7.50. The van der Waals surface area contributed by atoms with Crippen LogP contribution in [-0.2, 0) is 0 Å². The van der Waals surface area contributed by atoms with Gasteiger partial charge in [0, 0.05) is 16.5 Å². The van der Waals surface area contributed by atoms with Crippen molar-refractivity contribution in [2.75, 3.05) is 5.32 Å². The fourth-order valence-electron chi connectivity index (χ4n) is 6.49. The first kappa shape index (κ1) is 14.3. The van der Waals surface area contributed by atoms with Crippen LogP contribution in [0.4, 0.5) is 5.69 Å². The van der Waals surface area contributed by atoms with Crippen LogP contribution < -0.4 is 5.32 Å². The van der Waals surface area contributed by atoms with E-state index in [1.54, 1.807) is 0 Å². The molecule has 2 saturated carbocycles. The molecule has 2 aromatic carbocycles. The molecule has 3 aliphatic rings. The van der Waals surface area contributed by atoms with Crippen LogP contribution in [0, 0.1) is 17.8 Å². The van der Waals surface area contributed by atoms with E-state index in [-0.39, 0.29) is 0 Å². The number of aromatic nitrogens is 4. The van der Waals surface area contributed by atoms with E-state index >= 15 is 0 Å². The average Bonchev–Trinajstić information content (AvgIpc) is 3.49. The summed E-state index contributed by atoms with van der Waals surface area (Å²) < 4.78 is 0. The number of benzene rings is 2. The summed E-state index contributed by atoms with van der Waals surface area (Å²) in [6.07, 6.45) is 8.11. The molecule has 27 heavy (non-hydrogen) atoms. The zero-order valence-corrected chi connectivity index (χ0v) is 14.9. The molecule has 2 bridgehead atoms. The van der Waals surface area contributed by atoms with Crippen LogP contribution >= 0.6 is 0 Å². The third-order valence-electron chi connectivity index (χ3n) is 7.50. The molecular weight excluding hydrogens is 334 g/mol. The van der Waals surface area contributed by atoms with Gasteiger partial charge in [-0.25, -0.2) is 0 Å². The minimum absolute atomic E-state index is 0.376. The molecule has 0 saturated heterocycles. The highest BCUT2D eigenvalue weighted by Crippen LogP contribution is 2.64. The first-order valence-corrected chi connectivity index (χ1v) is 10.0. The van der Waals surface area contributed by atoms with Crippen LogP contribution in [0.1, 0.15) is 42.3 Å². The summed E-state index contributed by atoms with van der Waals surface area (Å²) in [5, 5.41) is 21.2. The average molecular weight is 355 g/mol. The molecule has 0 spiro atoms. The van der Waals surface area contributed by atoms with Crippen molar-refractivity contribution >= 4 is 27.5 Å². The van der Waals surface area contributed by atoms with Gasteiger partial charge in [-0.05, 0) is 78.3 Å². The number of aromatic amines is 2. The monoisotopic (exact) mass is 355 g/mol. The van der Waals surface area contributed by atoms with Crippen molar-refractivity contribution in [3.05, 3.63) is 53.9 Å². The fraction of sp³-hybridized carbons (Fsp3) is 0.364. The molecule has 2 aliphatic carbocycles. The Morgan fingerprint density at radius 1 is 0.889 bits per heavy atom. The summed E-state index contributed by atoms with van der Waals surface area (Å²) in [6.45, 7) is 0. The van der Waals surface area contributed by atoms with Crippen molar-refractivity contribution in [1.82, 2.24) is 20.4 Å². The fourth-order valence-corrected chi connectivity index (χ4v) is 6.49. The molecule has 134 valence electrons. The van der Waals surface area contributed by atoms with Crippen LogP contribution in [0.15, 0.2) is 42.7 Å². The molecule has 5 nitrogen and oxygen atoms in total. The number of nitrogens with zero attached hydrogens (tertiary/aromatic N) is 2. The molecule has 2 fully saturated rings. The lowest BCUT2D eigenvalue weighted by Crippen LogP contribution is -2.35. The second kappa shape index (κ2) is 4.91. The van der Waals surface area contributed by atoms with Gasteiger partial charge in [-0.1, -0.05) is 6.07 Å². The maximum atomic E-state index is 4.33. The summed E-state index contributed by atoms with van der Waals surface area (Å²) in [6, 6.07) is 11.6. The quantitative estimate of drug-likeness (QED) is 0.462. The smallest absolute Gasteiger partial charge is 0.0654 e. The summed E-state index contributed by atoms with van der Waals surface area (Å²) in [5.74, 6) is 2.96. The van der Waals surface area contributed by atoms with Gasteiger partial charge in [-0.3, -0.25) is 10.2 Å². The van der Waals surface area contributed by atoms with Gasteiger partial charge < -0.3 is 5.32 Å². The second-order valence-corrected chi connectivity index (χ2v) is 8.63. The number of H-pyrrole nitrogens is 2. The van der Waals surface area contributed by atoms with E-state index in [9.17, 15) is 0 Å². The standard InChI is InChI=1S/C22H21N5/c1-2-12-7-11(1)19-20(12)22(13-3-4-16-14(8-13)9-23-26-16)25-18-6-5-17-15(21(18)19)10-24-27-17/h3-6,8-12,19-20,22,25H,1-2,7H2,(H,23,26)(H,24,27). The molecular formula is C22H21N5. The van der Waals surface area contributed by atoms with E-state index in [4.69, 9.17) is 0 Å². The topological polar surface area (TPSA) is 69.4 Å². The number of anilines is 1. The molecule has 5 heteroatoms. The Kier molecular flexibility index (Phi) is 2.60. The number of hydrogen-bond acceptors (Lipinski definition) is 3. The number of rotatable bonds is 1. The number of fused-ring (bicyclic) bond motifs is 10. The van der Waals surface area contributed by atoms with Gasteiger partial charge in [0.05, 0.1) is 29.5 Å². The molecule has 1 aliphatic heterocycles. The molecule has 2 aromatic heterocycles. The van der Waals surface area contributed by atoms with Gasteiger partial charge >= 0.3 is 0 Å². The lowest BCUT2D eigenvalue weighted by Gasteiger charge is -2.43. The minimum atomic E-state index is 0.376. The Morgan fingerprint density at radius 2 is 1.74 bits per heavy atom. The summed E-state index contributed by atoms with van der Waals surface area (Å²) in [4.78, 5) is 0. The molecule has 0 amide bonds. The van der Waals surface area contributed by atoms with Gasteiger partial charge in [0.25, 0.3) is 0 Å². The zero-order chi connectivity index (χ0) is 17.5. The highest BCUT2D eigenvalue weighted by Gasteiger charge is 2.54. The maximum Gasteiger partial charge on any atom is 0.0654 e. The first-order valence-electron chi connectivity index (χ1n) is 10.0. The highest BCUT2D eigenvalue weighted by molar-refractivity contribution is 5.89. The molecule has 0 radical (unpaired) electrons. The largest absolute Gasteiger partial charge is 0.378 e. The third kappa shape index (κ3) is 1.79. The Morgan fingerprint density at radius 3 is 2.74 bits per heavy atom. The number of hydrogen-bond donors (Lipinski definition) is 3. The van der Waals surface area contributed by atoms with Crippen LogP contribution in [0.3, 0.4) is 0 Å². The predicted octanol–water partition coefficient (Wildman–Crippen LogP) is 4.74. The van der Waals surface area contributed by atoms with Gasteiger partial charge in [0.15, 0.2) is 0 Å². The number of nitrogens with one attached hydrogen (secondary N) is 3. The van der Waals surface area contributed by atoms with Gasteiger partial charge in [0.2, 0.25) is 0 Å². The van der Waals surface area contributed by atoms with Crippen molar-refractivity contribution in [2.45, 2.75) is 31.2 Å². The van der Waals surface area contributed by atoms with E-state index in [0.717, 1.165) is 22.9 Å². The normalized spacial score (nSPS) is 31.2. The molecule has 7 rings (SSSR count). The molecule has 5 atom stereocenters. The zero-order valence-electron chi connectivity index (χ0n) is 14.9. The van der Waals surface area contributed by atoms with E-state index in [2.05, 4.69) is 56.0 Å². The Labute approximate surface area is 156 Å². The Balaban J connectivity index is 1.44. The van der Waals surface area contributed by atoms with Crippen LogP contribution in [0.5, 0.6) is 0 Å². The van der Waals surface area contributed by atoms with Crippen molar-refractivity contribution in [3.8, 4) is 0 Å². The van der Waals surface area contributed by atoms with Gasteiger partial charge in [-0.2, -0.15) is 10.2 Å². The highest BCUT2D eigenvalue weighted by atomic mass is 15.1.